The van der Waals surface area contributed by atoms with Crippen molar-refractivity contribution in [3.8, 4) is 0 Å². The third-order valence-corrected chi connectivity index (χ3v) is 1.59. The zero-order chi connectivity index (χ0) is 7.28. The minimum Gasteiger partial charge on any atom is -1.00 e. The van der Waals surface area contributed by atoms with Gasteiger partial charge in [0, 0.05) is 0 Å². The van der Waals surface area contributed by atoms with Crippen LogP contribution in [0.15, 0.2) is 0 Å². The summed E-state index contributed by atoms with van der Waals surface area (Å²) in [5.41, 5.74) is 5.19. The predicted octanol–water partition coefficient (Wildman–Crippen LogP) is -5.62. The van der Waals surface area contributed by atoms with E-state index in [1.807, 2.05) is 6.26 Å². The molecule has 1 unspecified atom stereocenters. The van der Waals surface area contributed by atoms with Gasteiger partial charge in [-0.05, 0) is 18.4 Å². The number of rotatable bonds is 4. The Balaban J connectivity index is -0.0000000533. The molecule has 0 fully saturated rings. The minimum absolute atomic E-state index is 0. The Labute approximate surface area is 139 Å². The Kier molecular flexibility index (Phi) is 21.5. The van der Waals surface area contributed by atoms with Gasteiger partial charge in [0.25, 0.3) is 0 Å². The summed E-state index contributed by atoms with van der Waals surface area (Å²) in [6.07, 6.45) is 2.48. The van der Waals surface area contributed by atoms with Gasteiger partial charge in [-0.15, -0.1) is 0 Å². The number of hydrogen-bond acceptors (Lipinski definition) is 3. The van der Waals surface area contributed by atoms with Crippen molar-refractivity contribution < 1.29 is 93.7 Å². The largest absolute Gasteiger partial charge is 1.00 e. The van der Waals surface area contributed by atoms with Gasteiger partial charge >= 0.3 is 86.9 Å². The van der Waals surface area contributed by atoms with Crippen LogP contribution in [-0.2, 0) is 4.79 Å². The summed E-state index contributed by atoms with van der Waals surface area (Å²) < 4.78 is 0. The minimum atomic E-state index is -0.913. The summed E-state index contributed by atoms with van der Waals surface area (Å²) in [5, 5.41) is 8.27. The Hall–Kier alpha value is 2.42. The Bertz CT molecular complexity index is 115. The molecule has 0 aromatic heterocycles. The van der Waals surface area contributed by atoms with Crippen LogP contribution in [0.2, 0.25) is 0 Å². The van der Waals surface area contributed by atoms with E-state index >= 15 is 0 Å². The molecule has 0 bridgehead atoms. The van der Waals surface area contributed by atoms with Crippen LogP contribution >= 0.6 is 11.8 Å². The van der Waals surface area contributed by atoms with E-state index in [-0.39, 0.29) is 83.8 Å². The summed E-state index contributed by atoms with van der Waals surface area (Å²) in [6, 6.07) is -0.683. The predicted molar refractivity (Wildman–Crippen MR) is 40.8 cm³/mol. The van der Waals surface area contributed by atoms with Crippen LogP contribution in [0, 0.1) is 0 Å². The van der Waals surface area contributed by atoms with Crippen molar-refractivity contribution in [1.82, 2.24) is 0 Å². The number of carboxylic acids is 1. The quantitative estimate of drug-likeness (QED) is 0.457. The Morgan fingerprint density at radius 1 is 1.82 bits per heavy atom. The monoisotopic (exact) mass is 213 g/mol. The van der Waals surface area contributed by atoms with Crippen LogP contribution in [0.4, 0.5) is 0 Å². The zero-order valence-electron chi connectivity index (χ0n) is 9.33. The Morgan fingerprint density at radius 2 is 2.27 bits per heavy atom. The van der Waals surface area contributed by atoms with Crippen LogP contribution in [0.1, 0.15) is 9.27 Å². The first-order valence-corrected chi connectivity index (χ1v) is 4.05. The maximum Gasteiger partial charge on any atom is 1.00 e. The summed E-state index contributed by atoms with van der Waals surface area (Å²) in [4.78, 5) is 10.1. The van der Waals surface area contributed by atoms with Gasteiger partial charge in [0.05, 0.1) is 0 Å². The fraction of sp³-hybridized carbons (Fsp3) is 0.800. The van der Waals surface area contributed by atoms with Gasteiger partial charge in [0.2, 0.25) is 0 Å². The summed E-state index contributed by atoms with van der Waals surface area (Å²) >= 11 is 1.60. The summed E-state index contributed by atoms with van der Waals surface area (Å²) in [6.45, 7) is 0. The smallest absolute Gasteiger partial charge is 1.00 e. The van der Waals surface area contributed by atoms with E-state index in [4.69, 9.17) is 10.8 Å². The molecule has 1 atom stereocenters. The molecule has 0 aliphatic heterocycles. The molecule has 0 rings (SSSR count). The molecular formula is C5H13KNNaO2S. The topological polar surface area (TPSA) is 63.3 Å². The SMILES string of the molecule is CSCCC(N)C(=O)O.[H-].[H-].[K+].[Na+]. The molecule has 11 heavy (non-hydrogen) atoms. The van der Waals surface area contributed by atoms with E-state index in [1.54, 1.807) is 11.8 Å². The van der Waals surface area contributed by atoms with Crippen LogP contribution in [0.25, 0.3) is 0 Å². The maximum absolute atomic E-state index is 10.1. The molecule has 0 heterocycles. The molecule has 0 saturated heterocycles. The molecule has 58 valence electrons. The molecule has 0 radical (unpaired) electrons. The molecule has 0 aromatic carbocycles. The first-order valence-electron chi connectivity index (χ1n) is 2.65. The van der Waals surface area contributed by atoms with Crippen molar-refractivity contribution in [3.63, 3.8) is 0 Å². The second-order valence-corrected chi connectivity index (χ2v) is 2.71. The van der Waals surface area contributed by atoms with Crippen LogP contribution in [0.5, 0.6) is 0 Å². The van der Waals surface area contributed by atoms with Gasteiger partial charge in [-0.2, -0.15) is 11.8 Å². The van der Waals surface area contributed by atoms with Crippen LogP contribution < -0.4 is 86.7 Å². The van der Waals surface area contributed by atoms with Gasteiger partial charge < -0.3 is 13.7 Å². The number of nitrogens with two attached hydrogens (primary N) is 1. The second kappa shape index (κ2) is 12.4. The van der Waals surface area contributed by atoms with Crippen molar-refractivity contribution >= 4 is 17.7 Å². The van der Waals surface area contributed by atoms with Crippen molar-refractivity contribution in [2.75, 3.05) is 12.0 Å². The van der Waals surface area contributed by atoms with Crippen molar-refractivity contribution in [1.29, 1.82) is 0 Å². The average molecular weight is 213 g/mol. The van der Waals surface area contributed by atoms with Crippen molar-refractivity contribution in [2.24, 2.45) is 5.73 Å². The third-order valence-electron chi connectivity index (χ3n) is 0.950. The zero-order valence-corrected chi connectivity index (χ0v) is 13.3. The molecular weight excluding hydrogens is 200 g/mol. The molecule has 3 nitrogen and oxygen atoms in total. The van der Waals surface area contributed by atoms with Gasteiger partial charge in [-0.3, -0.25) is 4.79 Å². The third kappa shape index (κ3) is 12.4. The molecule has 3 N–H and O–H groups in total. The van der Waals surface area contributed by atoms with Gasteiger partial charge in [0.1, 0.15) is 6.04 Å². The molecule has 0 spiro atoms. The molecule has 0 saturated carbocycles. The molecule has 6 heteroatoms. The Morgan fingerprint density at radius 3 is 2.55 bits per heavy atom. The first kappa shape index (κ1) is 19.1. The summed E-state index contributed by atoms with van der Waals surface area (Å²) in [5.74, 6) is -0.1000. The standard InChI is InChI=1S/C5H11NO2S.K.Na.2H/c1-9-3-2-4(6)5(7)8;;;;/h4H,2-3,6H2,1H3,(H,7,8);;;;/q;2*+1;2*-1. The maximum atomic E-state index is 10.1. The van der Waals surface area contributed by atoms with Gasteiger partial charge in [-0.25, -0.2) is 0 Å². The molecule has 0 aliphatic carbocycles. The van der Waals surface area contributed by atoms with Crippen LogP contribution in [-0.4, -0.2) is 29.1 Å². The number of hydrogen-bond donors (Lipinski definition) is 2. The van der Waals surface area contributed by atoms with E-state index < -0.39 is 12.0 Å². The number of carbonyl (C=O) groups is 1. The number of aliphatic carboxylic acids is 1. The van der Waals surface area contributed by atoms with Crippen LogP contribution in [0.3, 0.4) is 0 Å². The van der Waals surface area contributed by atoms with E-state index in [0.29, 0.717) is 6.42 Å². The first-order chi connectivity index (χ1) is 4.18. The fourth-order valence-corrected chi connectivity index (χ4v) is 0.858. The van der Waals surface area contributed by atoms with Gasteiger partial charge in [0.15, 0.2) is 0 Å². The number of carboxylic acid groups (broad SMARTS) is 1. The molecule has 0 amide bonds. The van der Waals surface area contributed by atoms with Crippen molar-refractivity contribution in [3.05, 3.63) is 0 Å². The normalized spacial score (nSPS) is 10.7. The van der Waals surface area contributed by atoms with E-state index in [1.165, 1.54) is 0 Å². The van der Waals surface area contributed by atoms with E-state index in [2.05, 4.69) is 0 Å². The van der Waals surface area contributed by atoms with E-state index in [9.17, 15) is 4.79 Å². The summed E-state index contributed by atoms with van der Waals surface area (Å²) in [7, 11) is 0. The average Bonchev–Trinajstić information content (AvgIpc) is 1.82. The molecule has 0 aliphatic rings. The number of thioether (sulfide) groups is 1. The second-order valence-electron chi connectivity index (χ2n) is 1.73. The van der Waals surface area contributed by atoms with E-state index in [0.717, 1.165) is 5.75 Å². The molecule has 0 aromatic rings. The fourth-order valence-electron chi connectivity index (χ4n) is 0.368. The van der Waals surface area contributed by atoms with Crippen molar-refractivity contribution in [2.45, 2.75) is 12.5 Å². The van der Waals surface area contributed by atoms with Gasteiger partial charge in [-0.1, -0.05) is 0 Å².